The van der Waals surface area contributed by atoms with Gasteiger partial charge in [-0.3, -0.25) is 14.4 Å². The Morgan fingerprint density at radius 1 is 0.491 bits per heavy atom. The summed E-state index contributed by atoms with van der Waals surface area (Å²) in [4.78, 5) is 36.6. The second-order valence-electron chi connectivity index (χ2n) is 14.6. The van der Waals surface area contributed by atoms with E-state index in [4.69, 9.17) is 23.7 Å². The Morgan fingerprint density at radius 3 is 1.40 bits per heavy atom. The highest BCUT2D eigenvalue weighted by Crippen LogP contribution is 2.14. The number of aliphatic hydroxyl groups excluding tert-OH is 1. The van der Waals surface area contributed by atoms with Gasteiger partial charge in [-0.1, -0.05) is 148 Å². The van der Waals surface area contributed by atoms with Crippen LogP contribution in [0.5, 0.6) is 0 Å². The fourth-order valence-corrected chi connectivity index (χ4v) is 5.87. The monoisotopic (exact) mass is 755 g/mol. The molecule has 0 aliphatic rings. The fourth-order valence-electron chi connectivity index (χ4n) is 5.87. The minimum absolute atomic E-state index is 0.00151. The van der Waals surface area contributed by atoms with E-state index in [-0.39, 0.29) is 44.1 Å². The van der Waals surface area contributed by atoms with E-state index in [1.807, 2.05) is 6.08 Å². The third-order valence-corrected chi connectivity index (χ3v) is 9.40. The first-order valence-electron chi connectivity index (χ1n) is 21.9. The zero-order valence-electron chi connectivity index (χ0n) is 34.6. The Labute approximate surface area is 325 Å². The summed E-state index contributed by atoms with van der Waals surface area (Å²) in [5, 5.41) is 9.75. The number of esters is 3. The van der Waals surface area contributed by atoms with Gasteiger partial charge in [0.15, 0.2) is 6.29 Å². The van der Waals surface area contributed by atoms with Crippen LogP contribution in [-0.4, -0.2) is 68.9 Å². The Kier molecular flexibility index (Phi) is 39.7. The highest BCUT2D eigenvalue weighted by Gasteiger charge is 2.17. The third-order valence-electron chi connectivity index (χ3n) is 9.40. The number of ether oxygens (including phenoxy) is 5. The van der Waals surface area contributed by atoms with Crippen LogP contribution in [-0.2, 0) is 38.1 Å². The van der Waals surface area contributed by atoms with Crippen LogP contribution < -0.4 is 0 Å². The van der Waals surface area contributed by atoms with E-state index in [2.05, 4.69) is 26.8 Å². The molecule has 1 atom stereocenters. The molecule has 0 radical (unpaired) electrons. The Bertz CT molecular complexity index is 829. The summed E-state index contributed by atoms with van der Waals surface area (Å²) in [5.41, 5.74) is 0. The molecule has 0 spiro atoms. The van der Waals surface area contributed by atoms with Gasteiger partial charge in [0.1, 0.15) is 6.61 Å². The van der Waals surface area contributed by atoms with Gasteiger partial charge in [-0.25, -0.2) is 0 Å². The Balaban J connectivity index is 4.04. The zero-order valence-corrected chi connectivity index (χ0v) is 34.6. The van der Waals surface area contributed by atoms with E-state index in [1.54, 1.807) is 0 Å². The van der Waals surface area contributed by atoms with Crippen molar-refractivity contribution in [3.05, 3.63) is 12.2 Å². The second kappa shape index (κ2) is 41.2. The summed E-state index contributed by atoms with van der Waals surface area (Å²) in [5.74, 6) is -1.26. The Hall–Kier alpha value is -1.97. The van der Waals surface area contributed by atoms with Crippen molar-refractivity contribution in [1.29, 1.82) is 0 Å². The van der Waals surface area contributed by atoms with Crippen molar-refractivity contribution in [3.8, 4) is 0 Å². The van der Waals surface area contributed by atoms with E-state index in [0.717, 1.165) is 77.0 Å². The molecule has 53 heavy (non-hydrogen) atoms. The summed E-state index contributed by atoms with van der Waals surface area (Å²) in [6.07, 6.45) is 31.9. The number of hydrogen-bond acceptors (Lipinski definition) is 9. The van der Waals surface area contributed by atoms with Crippen LogP contribution in [0, 0.1) is 5.92 Å². The first-order valence-corrected chi connectivity index (χ1v) is 21.9. The molecular formula is C44H82O9. The van der Waals surface area contributed by atoms with Crippen molar-refractivity contribution in [2.75, 3.05) is 39.6 Å². The lowest BCUT2D eigenvalue weighted by Crippen LogP contribution is -2.25. The lowest BCUT2D eigenvalue weighted by Gasteiger charge is -2.19. The summed E-state index contributed by atoms with van der Waals surface area (Å²) in [7, 11) is 0. The van der Waals surface area contributed by atoms with Gasteiger partial charge in [-0.15, -0.1) is 0 Å². The molecule has 0 aromatic carbocycles. The van der Waals surface area contributed by atoms with Crippen LogP contribution in [0.25, 0.3) is 0 Å². The zero-order chi connectivity index (χ0) is 38.9. The maximum absolute atomic E-state index is 12.5. The normalized spacial score (nSPS) is 12.1. The van der Waals surface area contributed by atoms with Gasteiger partial charge in [-0.2, -0.15) is 0 Å². The molecule has 0 aliphatic carbocycles. The SMILES string of the molecule is CCCCCCC=CCOC(=O)CCCCCCCCCC(=O)OCC(CO)COC(=O)CCC(OCCCCCCCC)OCCCCCCCC. The summed E-state index contributed by atoms with van der Waals surface area (Å²) >= 11 is 0. The molecule has 1 N–H and O–H groups in total. The van der Waals surface area contributed by atoms with Crippen molar-refractivity contribution < 1.29 is 43.2 Å². The largest absolute Gasteiger partial charge is 0.465 e. The molecule has 312 valence electrons. The number of unbranched alkanes of at least 4 members (excludes halogenated alkanes) is 20. The van der Waals surface area contributed by atoms with Gasteiger partial charge in [0.05, 0.1) is 32.2 Å². The molecule has 9 nitrogen and oxygen atoms in total. The standard InChI is InChI=1S/C44H82O9/c1-4-7-10-13-19-24-27-34-49-41(46)30-25-20-17-16-18-21-26-31-42(47)52-38-40(37-45)39-53-43(48)32-33-44(50-35-28-22-14-11-8-5-2)51-36-29-23-15-12-9-6-3/h24,27,40,44-45H,4-23,25-26,28-39H2,1-3H3. The van der Waals surface area contributed by atoms with Crippen LogP contribution in [0.1, 0.15) is 201 Å². The molecule has 0 aromatic heterocycles. The maximum Gasteiger partial charge on any atom is 0.306 e. The predicted molar refractivity (Wildman–Crippen MR) is 215 cm³/mol. The van der Waals surface area contributed by atoms with E-state index in [1.165, 1.54) is 77.0 Å². The quantitative estimate of drug-likeness (QED) is 0.0214. The molecule has 1 unspecified atom stereocenters. The molecule has 0 amide bonds. The number of hydrogen-bond donors (Lipinski definition) is 1. The molecular weight excluding hydrogens is 672 g/mol. The number of aliphatic hydroxyl groups is 1. The summed E-state index contributed by atoms with van der Waals surface area (Å²) < 4.78 is 28.1. The van der Waals surface area contributed by atoms with Gasteiger partial charge < -0.3 is 28.8 Å². The van der Waals surface area contributed by atoms with Crippen molar-refractivity contribution in [2.24, 2.45) is 5.92 Å². The van der Waals surface area contributed by atoms with E-state index in [0.29, 0.717) is 39.1 Å². The van der Waals surface area contributed by atoms with Crippen LogP contribution in [0.4, 0.5) is 0 Å². The third kappa shape index (κ3) is 38.1. The van der Waals surface area contributed by atoms with Gasteiger partial charge >= 0.3 is 17.9 Å². The predicted octanol–water partition coefficient (Wildman–Crippen LogP) is 11.1. The van der Waals surface area contributed by atoms with E-state index < -0.39 is 12.2 Å². The summed E-state index contributed by atoms with van der Waals surface area (Å²) in [6, 6.07) is 0. The maximum atomic E-state index is 12.5. The van der Waals surface area contributed by atoms with Crippen LogP contribution in [0.15, 0.2) is 12.2 Å². The number of carbonyl (C=O) groups is 3. The van der Waals surface area contributed by atoms with Crippen LogP contribution >= 0.6 is 0 Å². The lowest BCUT2D eigenvalue weighted by atomic mass is 10.1. The smallest absolute Gasteiger partial charge is 0.306 e. The highest BCUT2D eigenvalue weighted by molar-refractivity contribution is 5.70. The van der Waals surface area contributed by atoms with Crippen LogP contribution in [0.3, 0.4) is 0 Å². The van der Waals surface area contributed by atoms with Crippen LogP contribution in [0.2, 0.25) is 0 Å². The van der Waals surface area contributed by atoms with Crippen molar-refractivity contribution in [1.82, 2.24) is 0 Å². The molecule has 0 aliphatic heterocycles. The van der Waals surface area contributed by atoms with Gasteiger partial charge in [0.2, 0.25) is 0 Å². The molecule has 9 heteroatoms. The molecule has 0 rings (SSSR count). The average Bonchev–Trinajstić information content (AvgIpc) is 3.16. The minimum Gasteiger partial charge on any atom is -0.465 e. The molecule has 0 fully saturated rings. The first kappa shape index (κ1) is 51.0. The van der Waals surface area contributed by atoms with Gasteiger partial charge in [0.25, 0.3) is 0 Å². The van der Waals surface area contributed by atoms with Crippen molar-refractivity contribution in [3.63, 3.8) is 0 Å². The minimum atomic E-state index is -0.458. The first-order chi connectivity index (χ1) is 26.0. The summed E-state index contributed by atoms with van der Waals surface area (Å²) in [6.45, 7) is 8.03. The number of allylic oxidation sites excluding steroid dienone is 1. The van der Waals surface area contributed by atoms with E-state index in [9.17, 15) is 19.5 Å². The highest BCUT2D eigenvalue weighted by atomic mass is 16.7. The molecule has 0 aromatic rings. The fraction of sp³-hybridized carbons (Fsp3) is 0.886. The van der Waals surface area contributed by atoms with Gasteiger partial charge in [0, 0.05) is 32.5 Å². The average molecular weight is 755 g/mol. The molecule has 0 saturated carbocycles. The van der Waals surface area contributed by atoms with Crippen molar-refractivity contribution >= 4 is 17.9 Å². The topological polar surface area (TPSA) is 118 Å². The lowest BCUT2D eigenvalue weighted by molar-refractivity contribution is -0.161. The molecule has 0 saturated heterocycles. The number of carbonyl (C=O) groups excluding carboxylic acids is 3. The van der Waals surface area contributed by atoms with E-state index >= 15 is 0 Å². The Morgan fingerprint density at radius 2 is 0.906 bits per heavy atom. The molecule has 0 bridgehead atoms. The van der Waals surface area contributed by atoms with Gasteiger partial charge in [-0.05, 0) is 38.5 Å². The number of rotatable bonds is 41. The molecule has 0 heterocycles. The second-order valence-corrected chi connectivity index (χ2v) is 14.6. The van der Waals surface area contributed by atoms with Crippen molar-refractivity contribution in [2.45, 2.75) is 207 Å².